The minimum atomic E-state index is -0.309. The van der Waals surface area contributed by atoms with E-state index in [1.165, 1.54) is 0 Å². The fourth-order valence-corrected chi connectivity index (χ4v) is 1.25. The van der Waals surface area contributed by atoms with Crippen LogP contribution >= 0.6 is 11.6 Å². The third kappa shape index (κ3) is 9.87. The SMILES string of the molecule is C=C(Cl)CNCC(O)CC(C)(C)C. The maximum absolute atomic E-state index is 9.56. The number of rotatable bonds is 5. The number of nitrogens with one attached hydrogen (secondary N) is 1. The zero-order valence-electron chi connectivity index (χ0n) is 8.73. The standard InChI is InChI=1S/C10H20ClNO/c1-8(11)6-12-7-9(13)5-10(2,3)4/h9,12-13H,1,5-7H2,2-4H3. The molecule has 0 radical (unpaired) electrons. The van der Waals surface area contributed by atoms with E-state index in [1.807, 2.05) is 0 Å². The van der Waals surface area contributed by atoms with Crippen molar-refractivity contribution < 1.29 is 5.11 Å². The highest BCUT2D eigenvalue weighted by Gasteiger charge is 2.15. The van der Waals surface area contributed by atoms with Crippen LogP contribution in [0.3, 0.4) is 0 Å². The van der Waals surface area contributed by atoms with Crippen LogP contribution in [0.2, 0.25) is 0 Å². The van der Waals surface area contributed by atoms with Gasteiger partial charge in [-0.05, 0) is 11.8 Å². The lowest BCUT2D eigenvalue weighted by Crippen LogP contribution is -2.30. The van der Waals surface area contributed by atoms with Gasteiger partial charge in [0.15, 0.2) is 0 Å². The highest BCUT2D eigenvalue weighted by molar-refractivity contribution is 6.29. The summed E-state index contributed by atoms with van der Waals surface area (Å²) < 4.78 is 0. The van der Waals surface area contributed by atoms with Gasteiger partial charge >= 0.3 is 0 Å². The van der Waals surface area contributed by atoms with Gasteiger partial charge in [-0.2, -0.15) is 0 Å². The molecule has 0 aromatic carbocycles. The zero-order chi connectivity index (χ0) is 10.5. The summed E-state index contributed by atoms with van der Waals surface area (Å²) >= 11 is 5.56. The van der Waals surface area contributed by atoms with Crippen molar-refractivity contribution in [1.29, 1.82) is 0 Å². The first-order valence-corrected chi connectivity index (χ1v) is 4.91. The predicted octanol–water partition coefficient (Wildman–Crippen LogP) is 2.13. The van der Waals surface area contributed by atoms with Crippen molar-refractivity contribution in [2.75, 3.05) is 13.1 Å². The molecule has 0 bridgehead atoms. The third-order valence-corrected chi connectivity index (χ3v) is 1.68. The van der Waals surface area contributed by atoms with Gasteiger partial charge in [-0.3, -0.25) is 0 Å². The summed E-state index contributed by atoms with van der Waals surface area (Å²) in [7, 11) is 0. The van der Waals surface area contributed by atoms with E-state index in [1.54, 1.807) is 0 Å². The second-order valence-corrected chi connectivity index (χ2v) is 5.10. The normalized spacial score (nSPS) is 14.2. The Balaban J connectivity index is 3.52. The van der Waals surface area contributed by atoms with Crippen LogP contribution < -0.4 is 5.32 Å². The van der Waals surface area contributed by atoms with Crippen molar-refractivity contribution in [3.8, 4) is 0 Å². The van der Waals surface area contributed by atoms with E-state index < -0.39 is 0 Å². The quantitative estimate of drug-likeness (QED) is 0.721. The first-order valence-electron chi connectivity index (χ1n) is 4.53. The van der Waals surface area contributed by atoms with Crippen molar-refractivity contribution in [3.63, 3.8) is 0 Å². The summed E-state index contributed by atoms with van der Waals surface area (Å²) in [6.45, 7) is 11.0. The van der Waals surface area contributed by atoms with E-state index in [0.717, 1.165) is 6.42 Å². The predicted molar refractivity (Wildman–Crippen MR) is 57.9 cm³/mol. The zero-order valence-corrected chi connectivity index (χ0v) is 9.49. The average molecular weight is 206 g/mol. The van der Waals surface area contributed by atoms with Gasteiger partial charge in [-0.15, -0.1) is 0 Å². The van der Waals surface area contributed by atoms with Gasteiger partial charge in [-0.25, -0.2) is 0 Å². The van der Waals surface area contributed by atoms with E-state index in [2.05, 4.69) is 32.7 Å². The number of aliphatic hydroxyl groups excluding tert-OH is 1. The van der Waals surface area contributed by atoms with E-state index in [-0.39, 0.29) is 11.5 Å². The molecule has 0 spiro atoms. The lowest BCUT2D eigenvalue weighted by molar-refractivity contribution is 0.121. The van der Waals surface area contributed by atoms with Gasteiger partial charge in [0.05, 0.1) is 6.10 Å². The molecule has 13 heavy (non-hydrogen) atoms. The molecule has 2 nitrogen and oxygen atoms in total. The van der Waals surface area contributed by atoms with E-state index in [0.29, 0.717) is 18.1 Å². The van der Waals surface area contributed by atoms with Crippen molar-refractivity contribution in [3.05, 3.63) is 11.6 Å². The molecule has 3 heteroatoms. The molecule has 0 heterocycles. The number of aliphatic hydroxyl groups is 1. The van der Waals surface area contributed by atoms with Gasteiger partial charge in [0.1, 0.15) is 0 Å². The molecule has 78 valence electrons. The Labute approximate surface area is 86.0 Å². The number of hydrogen-bond donors (Lipinski definition) is 2. The van der Waals surface area contributed by atoms with Crippen LogP contribution in [0.15, 0.2) is 11.6 Å². The summed E-state index contributed by atoms with van der Waals surface area (Å²) in [6, 6.07) is 0. The maximum atomic E-state index is 9.56. The van der Waals surface area contributed by atoms with Gasteiger partial charge in [0.25, 0.3) is 0 Å². The van der Waals surface area contributed by atoms with Crippen LogP contribution in [0.1, 0.15) is 27.2 Å². The van der Waals surface area contributed by atoms with Crippen LogP contribution in [0.25, 0.3) is 0 Å². The topological polar surface area (TPSA) is 32.3 Å². The summed E-state index contributed by atoms with van der Waals surface area (Å²) in [5, 5.41) is 13.2. The molecule has 1 unspecified atom stereocenters. The Bertz CT molecular complexity index is 163. The van der Waals surface area contributed by atoms with E-state index >= 15 is 0 Å². The highest BCUT2D eigenvalue weighted by Crippen LogP contribution is 2.20. The van der Waals surface area contributed by atoms with Crippen LogP contribution in [-0.4, -0.2) is 24.3 Å². The van der Waals surface area contributed by atoms with Crippen LogP contribution in [0.5, 0.6) is 0 Å². The minimum Gasteiger partial charge on any atom is -0.392 e. The fraction of sp³-hybridized carbons (Fsp3) is 0.800. The maximum Gasteiger partial charge on any atom is 0.0669 e. The number of halogens is 1. The minimum absolute atomic E-state index is 0.166. The van der Waals surface area contributed by atoms with E-state index in [4.69, 9.17) is 11.6 Å². The largest absolute Gasteiger partial charge is 0.392 e. The van der Waals surface area contributed by atoms with Crippen LogP contribution in [0.4, 0.5) is 0 Å². The monoisotopic (exact) mass is 205 g/mol. The van der Waals surface area contributed by atoms with Crippen molar-refractivity contribution in [1.82, 2.24) is 5.32 Å². The molecule has 2 N–H and O–H groups in total. The molecule has 0 aliphatic carbocycles. The van der Waals surface area contributed by atoms with Gasteiger partial charge < -0.3 is 10.4 Å². The number of hydrogen-bond acceptors (Lipinski definition) is 2. The Kier molecular flexibility index (Phi) is 5.61. The summed E-state index contributed by atoms with van der Waals surface area (Å²) in [4.78, 5) is 0. The fourth-order valence-electron chi connectivity index (χ4n) is 1.15. The molecular formula is C10H20ClNO. The van der Waals surface area contributed by atoms with Crippen molar-refractivity contribution >= 4 is 11.6 Å². The van der Waals surface area contributed by atoms with Crippen LogP contribution in [-0.2, 0) is 0 Å². The molecule has 0 aromatic heterocycles. The highest BCUT2D eigenvalue weighted by atomic mass is 35.5. The molecule has 1 atom stereocenters. The molecule has 0 saturated heterocycles. The smallest absolute Gasteiger partial charge is 0.0669 e. The van der Waals surface area contributed by atoms with Crippen molar-refractivity contribution in [2.24, 2.45) is 5.41 Å². The molecule has 0 aliphatic rings. The Morgan fingerprint density at radius 1 is 1.54 bits per heavy atom. The third-order valence-electron chi connectivity index (χ3n) is 1.54. The van der Waals surface area contributed by atoms with E-state index in [9.17, 15) is 5.11 Å². The van der Waals surface area contributed by atoms with Gasteiger partial charge in [0.2, 0.25) is 0 Å². The summed E-state index contributed by atoms with van der Waals surface area (Å²) in [5.41, 5.74) is 0.166. The first kappa shape index (κ1) is 12.9. The molecule has 0 rings (SSSR count). The molecule has 0 fully saturated rings. The Morgan fingerprint density at radius 2 is 2.08 bits per heavy atom. The van der Waals surface area contributed by atoms with Gasteiger partial charge in [-0.1, -0.05) is 39.0 Å². The van der Waals surface area contributed by atoms with Crippen LogP contribution in [0, 0.1) is 5.41 Å². The van der Waals surface area contributed by atoms with Crippen molar-refractivity contribution in [2.45, 2.75) is 33.3 Å². The molecule has 0 aromatic rings. The summed E-state index contributed by atoms with van der Waals surface area (Å²) in [6.07, 6.45) is 0.477. The Hall–Kier alpha value is -0.0500. The lowest BCUT2D eigenvalue weighted by Gasteiger charge is -2.22. The van der Waals surface area contributed by atoms with Gasteiger partial charge in [0, 0.05) is 18.1 Å². The first-order chi connectivity index (χ1) is 5.81. The second kappa shape index (κ2) is 5.63. The molecule has 0 saturated carbocycles. The lowest BCUT2D eigenvalue weighted by atomic mass is 9.89. The molecule has 0 aliphatic heterocycles. The Morgan fingerprint density at radius 3 is 2.46 bits per heavy atom. The molecule has 0 amide bonds. The summed E-state index contributed by atoms with van der Waals surface area (Å²) in [5.74, 6) is 0. The molecular weight excluding hydrogens is 186 g/mol. The second-order valence-electron chi connectivity index (χ2n) is 4.57. The average Bonchev–Trinajstić information content (AvgIpc) is 1.81.